The van der Waals surface area contributed by atoms with Crippen LogP contribution in [0.5, 0.6) is 0 Å². The molecule has 0 fully saturated rings. The van der Waals surface area contributed by atoms with Crippen molar-refractivity contribution >= 4 is 34.5 Å². The zero-order valence-electron chi connectivity index (χ0n) is 10.5. The number of carbonyl (C=O) groups excluding carboxylic acids is 1. The van der Waals surface area contributed by atoms with E-state index in [1.807, 2.05) is 48.5 Å². The average molecular weight is 270 g/mol. The number of carbonyl (C=O) groups is 1. The van der Waals surface area contributed by atoms with Gasteiger partial charge in [0.1, 0.15) is 0 Å². The molecule has 2 N–H and O–H groups in total. The van der Waals surface area contributed by atoms with E-state index in [-0.39, 0.29) is 5.78 Å². The molecule has 0 aliphatic rings. The first kappa shape index (κ1) is 13.2. The van der Waals surface area contributed by atoms with E-state index in [1.165, 1.54) is 6.92 Å². The number of rotatable bonds is 3. The van der Waals surface area contributed by atoms with Crippen molar-refractivity contribution in [2.45, 2.75) is 6.92 Å². The maximum absolute atomic E-state index is 11.5. The fraction of sp³-hybridized carbons (Fsp3) is 0.0667. The first-order valence-electron chi connectivity index (χ1n) is 5.90. The molecule has 0 saturated heterocycles. The standard InChI is InChI=1S/C15H14N2OS/c1-11(18)13-9-5-6-10-14(13)17-15(19)16-12-7-3-2-4-8-12/h2-10H,1H3,(H2,16,17,19). The number of para-hydroxylation sites is 2. The predicted molar refractivity (Wildman–Crippen MR) is 82.7 cm³/mol. The maximum Gasteiger partial charge on any atom is 0.175 e. The SMILES string of the molecule is CC(=O)c1ccccc1NC(=S)Nc1ccccc1. The molecule has 0 heterocycles. The van der Waals surface area contributed by atoms with Crippen molar-refractivity contribution in [1.29, 1.82) is 0 Å². The molecule has 0 amide bonds. The number of anilines is 2. The Morgan fingerprint density at radius 2 is 1.58 bits per heavy atom. The summed E-state index contributed by atoms with van der Waals surface area (Å²) in [7, 11) is 0. The van der Waals surface area contributed by atoms with E-state index in [1.54, 1.807) is 6.07 Å². The number of thiocarbonyl (C=S) groups is 1. The highest BCUT2D eigenvalue weighted by Gasteiger charge is 2.07. The quantitative estimate of drug-likeness (QED) is 0.659. The first-order valence-corrected chi connectivity index (χ1v) is 6.30. The molecule has 0 spiro atoms. The van der Waals surface area contributed by atoms with Crippen LogP contribution in [-0.4, -0.2) is 10.9 Å². The summed E-state index contributed by atoms with van der Waals surface area (Å²) in [6.07, 6.45) is 0. The van der Waals surface area contributed by atoms with Crippen LogP contribution in [0.2, 0.25) is 0 Å². The van der Waals surface area contributed by atoms with E-state index >= 15 is 0 Å². The van der Waals surface area contributed by atoms with Crippen molar-refractivity contribution in [3.63, 3.8) is 0 Å². The summed E-state index contributed by atoms with van der Waals surface area (Å²) in [4.78, 5) is 11.5. The number of hydrogen-bond acceptors (Lipinski definition) is 2. The van der Waals surface area contributed by atoms with Gasteiger partial charge in [-0.05, 0) is 43.4 Å². The summed E-state index contributed by atoms with van der Waals surface area (Å²) >= 11 is 5.23. The Morgan fingerprint density at radius 3 is 2.26 bits per heavy atom. The van der Waals surface area contributed by atoms with Gasteiger partial charge in [-0.15, -0.1) is 0 Å². The summed E-state index contributed by atoms with van der Waals surface area (Å²) in [5, 5.41) is 6.56. The molecule has 4 heteroatoms. The van der Waals surface area contributed by atoms with E-state index < -0.39 is 0 Å². The van der Waals surface area contributed by atoms with Gasteiger partial charge in [0.25, 0.3) is 0 Å². The summed E-state index contributed by atoms with van der Waals surface area (Å²) in [6.45, 7) is 1.54. The van der Waals surface area contributed by atoms with Crippen molar-refractivity contribution in [3.05, 3.63) is 60.2 Å². The van der Waals surface area contributed by atoms with E-state index in [9.17, 15) is 4.79 Å². The minimum absolute atomic E-state index is 0.00520. The van der Waals surface area contributed by atoms with E-state index in [0.29, 0.717) is 16.4 Å². The monoisotopic (exact) mass is 270 g/mol. The predicted octanol–water partition coefficient (Wildman–Crippen LogP) is 3.70. The van der Waals surface area contributed by atoms with Crippen LogP contribution >= 0.6 is 12.2 Å². The lowest BCUT2D eigenvalue weighted by Crippen LogP contribution is -2.20. The fourth-order valence-corrected chi connectivity index (χ4v) is 1.93. The third kappa shape index (κ3) is 3.63. The van der Waals surface area contributed by atoms with Crippen molar-refractivity contribution in [3.8, 4) is 0 Å². The van der Waals surface area contributed by atoms with Crippen LogP contribution in [0.25, 0.3) is 0 Å². The molecule has 19 heavy (non-hydrogen) atoms. The molecule has 0 aromatic heterocycles. The van der Waals surface area contributed by atoms with Crippen LogP contribution < -0.4 is 10.6 Å². The van der Waals surface area contributed by atoms with Gasteiger partial charge in [0.05, 0.1) is 5.69 Å². The van der Waals surface area contributed by atoms with Gasteiger partial charge in [0, 0.05) is 11.3 Å². The lowest BCUT2D eigenvalue weighted by atomic mass is 10.1. The van der Waals surface area contributed by atoms with Crippen LogP contribution in [0.4, 0.5) is 11.4 Å². The zero-order chi connectivity index (χ0) is 13.7. The number of benzene rings is 2. The number of hydrogen-bond donors (Lipinski definition) is 2. The third-order valence-electron chi connectivity index (χ3n) is 2.59. The van der Waals surface area contributed by atoms with Gasteiger partial charge in [-0.25, -0.2) is 0 Å². The topological polar surface area (TPSA) is 41.1 Å². The molecular weight excluding hydrogens is 256 g/mol. The Labute approximate surface area is 117 Å². The van der Waals surface area contributed by atoms with Crippen LogP contribution in [0, 0.1) is 0 Å². The minimum Gasteiger partial charge on any atom is -0.332 e. The molecule has 0 aliphatic carbocycles. The van der Waals surface area contributed by atoms with Gasteiger partial charge >= 0.3 is 0 Å². The van der Waals surface area contributed by atoms with Crippen LogP contribution in [0.3, 0.4) is 0 Å². The molecule has 0 unspecified atom stereocenters. The molecule has 0 atom stereocenters. The van der Waals surface area contributed by atoms with Crippen molar-refractivity contribution < 1.29 is 4.79 Å². The molecule has 2 rings (SSSR count). The molecule has 0 radical (unpaired) electrons. The Balaban J connectivity index is 2.09. The van der Waals surface area contributed by atoms with Crippen LogP contribution in [-0.2, 0) is 0 Å². The van der Waals surface area contributed by atoms with E-state index in [4.69, 9.17) is 12.2 Å². The van der Waals surface area contributed by atoms with E-state index in [2.05, 4.69) is 10.6 Å². The highest BCUT2D eigenvalue weighted by Crippen LogP contribution is 2.16. The molecule has 0 saturated carbocycles. The maximum atomic E-state index is 11.5. The summed E-state index contributed by atoms with van der Waals surface area (Å²) < 4.78 is 0. The number of nitrogens with one attached hydrogen (secondary N) is 2. The van der Waals surface area contributed by atoms with Gasteiger partial charge in [0.15, 0.2) is 10.9 Å². The Morgan fingerprint density at radius 1 is 0.947 bits per heavy atom. The van der Waals surface area contributed by atoms with Crippen LogP contribution in [0.15, 0.2) is 54.6 Å². The smallest absolute Gasteiger partial charge is 0.175 e. The molecule has 96 valence electrons. The van der Waals surface area contributed by atoms with Crippen molar-refractivity contribution in [2.75, 3.05) is 10.6 Å². The minimum atomic E-state index is 0.00520. The van der Waals surface area contributed by atoms with Gasteiger partial charge in [0.2, 0.25) is 0 Å². The Hall–Kier alpha value is -2.20. The van der Waals surface area contributed by atoms with Crippen molar-refractivity contribution in [1.82, 2.24) is 0 Å². The lowest BCUT2D eigenvalue weighted by Gasteiger charge is -2.12. The lowest BCUT2D eigenvalue weighted by molar-refractivity contribution is 0.101. The molecule has 3 nitrogen and oxygen atoms in total. The Kier molecular flexibility index (Phi) is 4.26. The summed E-state index contributed by atoms with van der Waals surface area (Å²) in [6, 6.07) is 16.9. The summed E-state index contributed by atoms with van der Waals surface area (Å²) in [5.41, 5.74) is 2.24. The fourth-order valence-electron chi connectivity index (χ4n) is 1.71. The summed E-state index contributed by atoms with van der Waals surface area (Å²) in [5.74, 6) is 0.00520. The average Bonchev–Trinajstić information content (AvgIpc) is 2.40. The van der Waals surface area contributed by atoms with E-state index in [0.717, 1.165) is 5.69 Å². The first-order chi connectivity index (χ1) is 9.16. The second-order valence-electron chi connectivity index (χ2n) is 4.05. The van der Waals surface area contributed by atoms with Gasteiger partial charge in [-0.2, -0.15) is 0 Å². The largest absolute Gasteiger partial charge is 0.332 e. The Bertz CT molecular complexity index is 596. The molecular formula is C15H14N2OS. The van der Waals surface area contributed by atoms with Crippen molar-refractivity contribution in [2.24, 2.45) is 0 Å². The highest BCUT2D eigenvalue weighted by atomic mass is 32.1. The molecule has 2 aromatic carbocycles. The number of Topliss-reactive ketones (excluding diaryl/α,β-unsaturated/α-hetero) is 1. The van der Waals surface area contributed by atoms with Gasteiger partial charge < -0.3 is 10.6 Å². The van der Waals surface area contributed by atoms with Gasteiger partial charge in [-0.3, -0.25) is 4.79 Å². The highest BCUT2D eigenvalue weighted by molar-refractivity contribution is 7.80. The van der Waals surface area contributed by atoms with Gasteiger partial charge in [-0.1, -0.05) is 30.3 Å². The number of ketones is 1. The second kappa shape index (κ2) is 6.11. The van der Waals surface area contributed by atoms with Crippen LogP contribution in [0.1, 0.15) is 17.3 Å². The second-order valence-corrected chi connectivity index (χ2v) is 4.46. The third-order valence-corrected chi connectivity index (χ3v) is 2.79. The molecule has 2 aromatic rings. The zero-order valence-corrected chi connectivity index (χ0v) is 11.3. The normalized spacial score (nSPS) is 9.74. The molecule has 0 aliphatic heterocycles. The molecule has 0 bridgehead atoms.